The predicted octanol–water partition coefficient (Wildman–Crippen LogP) is 1.74. The molecule has 8 heteroatoms. The van der Waals surface area contributed by atoms with Gasteiger partial charge in [0.2, 0.25) is 0 Å². The van der Waals surface area contributed by atoms with Gasteiger partial charge in [-0.15, -0.1) is 0 Å². The van der Waals surface area contributed by atoms with E-state index in [0.717, 1.165) is 6.26 Å². The quantitative estimate of drug-likeness (QED) is 0.915. The van der Waals surface area contributed by atoms with Gasteiger partial charge in [-0.05, 0) is 34.1 Å². The van der Waals surface area contributed by atoms with Gasteiger partial charge in [0.1, 0.15) is 4.90 Å². The van der Waals surface area contributed by atoms with Crippen molar-refractivity contribution in [2.24, 2.45) is 0 Å². The summed E-state index contributed by atoms with van der Waals surface area (Å²) in [6.07, 6.45) is 3.71. The van der Waals surface area contributed by atoms with Crippen LogP contribution in [0.3, 0.4) is 0 Å². The topological polar surface area (TPSA) is 89.3 Å². The Bertz CT molecular complexity index is 752. The Morgan fingerprint density at radius 3 is 2.58 bits per heavy atom. The maximum Gasteiger partial charge on any atom is 0.335 e. The summed E-state index contributed by atoms with van der Waals surface area (Å²) < 4.78 is 24.6. The molecule has 0 atom stereocenters. The van der Waals surface area contributed by atoms with Crippen molar-refractivity contribution < 1.29 is 18.3 Å². The molecule has 0 aliphatic rings. The van der Waals surface area contributed by atoms with Crippen LogP contribution in [0.5, 0.6) is 0 Å². The molecule has 0 aliphatic heterocycles. The summed E-state index contributed by atoms with van der Waals surface area (Å²) in [5.41, 5.74) is 0.686. The molecule has 1 aromatic carbocycles. The summed E-state index contributed by atoms with van der Waals surface area (Å²) in [5.74, 6) is -1.04. The number of hydrogen-bond acceptors (Lipinski definition) is 4. The number of benzene rings is 1. The number of carboxylic acids is 1. The second-order valence-corrected chi connectivity index (χ2v) is 6.73. The minimum absolute atomic E-state index is 0.0988. The van der Waals surface area contributed by atoms with Gasteiger partial charge in [0.15, 0.2) is 9.84 Å². The summed E-state index contributed by atoms with van der Waals surface area (Å²) in [4.78, 5) is 10.9. The van der Waals surface area contributed by atoms with Gasteiger partial charge in [-0.1, -0.05) is 0 Å². The maximum absolute atomic E-state index is 11.4. The standard InChI is InChI=1S/C11H9BrN2O4S/c1-19(17,18)8-5-13-14(6-8)10-3-2-7(11(15)16)4-9(10)12/h2-6H,1H3,(H,15,16). The molecule has 0 amide bonds. The largest absolute Gasteiger partial charge is 0.478 e. The number of hydrogen-bond donors (Lipinski definition) is 1. The van der Waals surface area contributed by atoms with Crippen molar-refractivity contribution in [2.75, 3.05) is 6.26 Å². The summed E-state index contributed by atoms with van der Waals surface area (Å²) >= 11 is 3.24. The van der Waals surface area contributed by atoms with E-state index in [2.05, 4.69) is 21.0 Å². The van der Waals surface area contributed by atoms with Crippen molar-refractivity contribution in [1.82, 2.24) is 9.78 Å². The van der Waals surface area contributed by atoms with Crippen molar-refractivity contribution in [1.29, 1.82) is 0 Å². The first-order valence-electron chi connectivity index (χ1n) is 5.07. The van der Waals surface area contributed by atoms with Crippen LogP contribution in [0, 0.1) is 0 Å². The van der Waals surface area contributed by atoms with Crippen LogP contribution < -0.4 is 0 Å². The molecule has 0 spiro atoms. The van der Waals surface area contributed by atoms with E-state index in [1.807, 2.05) is 0 Å². The molecule has 100 valence electrons. The lowest BCUT2D eigenvalue weighted by Gasteiger charge is -2.05. The van der Waals surface area contributed by atoms with Crippen molar-refractivity contribution in [3.05, 3.63) is 40.6 Å². The number of sulfone groups is 1. The van der Waals surface area contributed by atoms with Crippen molar-refractivity contribution in [3.8, 4) is 5.69 Å². The zero-order valence-electron chi connectivity index (χ0n) is 9.74. The molecule has 1 heterocycles. The monoisotopic (exact) mass is 344 g/mol. The van der Waals surface area contributed by atoms with Gasteiger partial charge < -0.3 is 5.11 Å². The minimum atomic E-state index is -3.32. The van der Waals surface area contributed by atoms with E-state index < -0.39 is 15.8 Å². The molecule has 19 heavy (non-hydrogen) atoms. The fourth-order valence-electron chi connectivity index (χ4n) is 1.46. The van der Waals surface area contributed by atoms with Crippen LogP contribution in [0.15, 0.2) is 40.0 Å². The first-order valence-corrected chi connectivity index (χ1v) is 7.75. The Balaban J connectivity index is 2.48. The summed E-state index contributed by atoms with van der Waals surface area (Å²) in [6.45, 7) is 0. The molecule has 0 radical (unpaired) electrons. The maximum atomic E-state index is 11.4. The average Bonchev–Trinajstić information content (AvgIpc) is 2.77. The van der Waals surface area contributed by atoms with E-state index in [1.54, 1.807) is 6.07 Å². The van der Waals surface area contributed by atoms with Crippen molar-refractivity contribution in [3.63, 3.8) is 0 Å². The van der Waals surface area contributed by atoms with Crippen LogP contribution in [0.1, 0.15) is 10.4 Å². The van der Waals surface area contributed by atoms with E-state index in [1.165, 1.54) is 29.2 Å². The normalized spacial score (nSPS) is 11.5. The van der Waals surface area contributed by atoms with Crippen LogP contribution in [-0.2, 0) is 9.84 Å². The highest BCUT2D eigenvalue weighted by Gasteiger charge is 2.13. The second-order valence-electron chi connectivity index (χ2n) is 3.86. The highest BCUT2D eigenvalue weighted by atomic mass is 79.9. The molecule has 0 saturated heterocycles. The van der Waals surface area contributed by atoms with Gasteiger partial charge in [-0.3, -0.25) is 0 Å². The molecule has 0 fully saturated rings. The fraction of sp³-hybridized carbons (Fsp3) is 0.0909. The lowest BCUT2D eigenvalue weighted by atomic mass is 10.2. The van der Waals surface area contributed by atoms with Gasteiger partial charge in [0.25, 0.3) is 0 Å². The third-order valence-electron chi connectivity index (χ3n) is 2.43. The highest BCUT2D eigenvalue weighted by Crippen LogP contribution is 2.23. The third-order valence-corrected chi connectivity index (χ3v) is 4.13. The van der Waals surface area contributed by atoms with Crippen molar-refractivity contribution in [2.45, 2.75) is 4.90 Å². The summed E-state index contributed by atoms with van der Waals surface area (Å²) in [7, 11) is -3.32. The van der Waals surface area contributed by atoms with Crippen LogP contribution in [-0.4, -0.2) is 35.5 Å². The van der Waals surface area contributed by atoms with Gasteiger partial charge >= 0.3 is 5.97 Å². The molecule has 0 aliphatic carbocycles. The van der Waals surface area contributed by atoms with E-state index in [4.69, 9.17) is 5.11 Å². The molecule has 0 saturated carbocycles. The van der Waals surface area contributed by atoms with E-state index in [-0.39, 0.29) is 10.5 Å². The summed E-state index contributed by atoms with van der Waals surface area (Å²) in [5, 5.41) is 12.8. The fourth-order valence-corrected chi connectivity index (χ4v) is 2.55. The van der Waals surface area contributed by atoms with Crippen LogP contribution in [0.2, 0.25) is 0 Å². The average molecular weight is 345 g/mol. The molecule has 6 nitrogen and oxygen atoms in total. The molecule has 1 N–H and O–H groups in total. The van der Waals surface area contributed by atoms with Crippen LogP contribution in [0.4, 0.5) is 0 Å². The molecule has 1 aromatic heterocycles. The van der Waals surface area contributed by atoms with Gasteiger partial charge in [0.05, 0.1) is 17.4 Å². The van der Waals surface area contributed by atoms with Crippen molar-refractivity contribution >= 4 is 31.7 Å². The number of halogens is 1. The molecule has 2 aromatic rings. The number of carbonyl (C=O) groups is 1. The Hall–Kier alpha value is -1.67. The minimum Gasteiger partial charge on any atom is -0.478 e. The Kier molecular flexibility index (Phi) is 3.46. The molecule has 0 bridgehead atoms. The third kappa shape index (κ3) is 2.85. The first-order chi connectivity index (χ1) is 8.79. The predicted molar refractivity (Wildman–Crippen MR) is 71.3 cm³/mol. The SMILES string of the molecule is CS(=O)(=O)c1cnn(-c2ccc(C(=O)O)cc2Br)c1. The highest BCUT2D eigenvalue weighted by molar-refractivity contribution is 9.10. The van der Waals surface area contributed by atoms with Crippen LogP contribution >= 0.6 is 15.9 Å². The number of rotatable bonds is 3. The van der Waals surface area contributed by atoms with E-state index in [9.17, 15) is 13.2 Å². The lowest BCUT2D eigenvalue weighted by molar-refractivity contribution is 0.0697. The van der Waals surface area contributed by atoms with Crippen LogP contribution in [0.25, 0.3) is 5.69 Å². The van der Waals surface area contributed by atoms with Gasteiger partial charge in [-0.25, -0.2) is 17.9 Å². The van der Waals surface area contributed by atoms with E-state index >= 15 is 0 Å². The number of aromatic nitrogens is 2. The Labute approximate surface area is 117 Å². The molecule has 0 unspecified atom stereocenters. The molecular formula is C11H9BrN2O4S. The first kappa shape index (κ1) is 13.8. The van der Waals surface area contributed by atoms with Gasteiger partial charge in [-0.2, -0.15) is 5.10 Å². The zero-order chi connectivity index (χ0) is 14.2. The van der Waals surface area contributed by atoms with Gasteiger partial charge in [0, 0.05) is 16.9 Å². The molecular weight excluding hydrogens is 336 g/mol. The second kappa shape index (κ2) is 4.78. The van der Waals surface area contributed by atoms with E-state index in [0.29, 0.717) is 10.2 Å². The Morgan fingerprint density at radius 1 is 1.42 bits per heavy atom. The Morgan fingerprint density at radius 2 is 2.11 bits per heavy atom. The number of nitrogens with zero attached hydrogens (tertiary/aromatic N) is 2. The zero-order valence-corrected chi connectivity index (χ0v) is 12.1. The lowest BCUT2D eigenvalue weighted by Crippen LogP contribution is -2.00. The molecule has 2 rings (SSSR count). The number of carboxylic acid groups (broad SMARTS) is 1. The summed E-state index contributed by atoms with van der Waals surface area (Å²) in [6, 6.07) is 4.40. The smallest absolute Gasteiger partial charge is 0.335 e. The number of aromatic carboxylic acids is 1.